The molecule has 0 bridgehead atoms. The Morgan fingerprint density at radius 2 is 2.13 bits per heavy atom. The number of rotatable bonds is 7. The third-order valence-corrected chi connectivity index (χ3v) is 2.85. The van der Waals surface area contributed by atoms with Crippen LogP contribution < -0.4 is 5.73 Å². The van der Waals surface area contributed by atoms with E-state index in [0.717, 1.165) is 11.8 Å². The smallest absolute Gasteiger partial charge is 0.254 e. The zero-order chi connectivity index (χ0) is 11.8. The second-order valence-corrected chi connectivity index (χ2v) is 4.19. The van der Waals surface area contributed by atoms with Crippen LogP contribution in [0.5, 0.6) is 0 Å². The van der Waals surface area contributed by atoms with Crippen LogP contribution in [0.3, 0.4) is 0 Å². The van der Waals surface area contributed by atoms with Crippen LogP contribution in [-0.2, 0) is 14.3 Å². The van der Waals surface area contributed by atoms with E-state index in [1.807, 2.05) is 0 Å². The Bertz CT molecular complexity index is 222. The van der Waals surface area contributed by atoms with Crippen molar-refractivity contribution in [3.63, 3.8) is 0 Å². The summed E-state index contributed by atoms with van der Waals surface area (Å²) in [4.78, 5) is 21.5. The molecule has 6 heteroatoms. The van der Waals surface area contributed by atoms with Gasteiger partial charge in [-0.15, -0.1) is 0 Å². The highest BCUT2D eigenvalue weighted by molar-refractivity contribution is 8.15. The Kier molecular flexibility index (Phi) is 7.59. The van der Waals surface area contributed by atoms with E-state index in [1.165, 1.54) is 14.0 Å². The van der Waals surface area contributed by atoms with Crippen LogP contribution in [0.25, 0.3) is 0 Å². The molecule has 15 heavy (non-hydrogen) atoms. The first-order valence-electron chi connectivity index (χ1n) is 4.63. The second-order valence-electron chi connectivity index (χ2n) is 3.12. The predicted octanol–water partition coefficient (Wildman–Crippen LogP) is -0.0925. The molecule has 0 radical (unpaired) electrons. The largest absolute Gasteiger partial charge is 0.367 e. The van der Waals surface area contributed by atoms with Crippen molar-refractivity contribution < 1.29 is 19.4 Å². The van der Waals surface area contributed by atoms with Crippen molar-refractivity contribution in [3.05, 3.63) is 0 Å². The summed E-state index contributed by atoms with van der Waals surface area (Å²) in [5, 5.41) is 8.71. The number of ether oxygens (including phenoxy) is 1. The van der Waals surface area contributed by atoms with Crippen molar-refractivity contribution >= 4 is 22.7 Å². The maximum absolute atomic E-state index is 10.9. The summed E-state index contributed by atoms with van der Waals surface area (Å²) in [6.45, 7) is 1.25. The lowest BCUT2D eigenvalue weighted by Crippen LogP contribution is -2.35. The van der Waals surface area contributed by atoms with Gasteiger partial charge in [-0.3, -0.25) is 9.59 Å². The molecule has 0 saturated heterocycles. The van der Waals surface area contributed by atoms with Gasteiger partial charge in [-0.25, -0.2) is 0 Å². The molecule has 0 spiro atoms. The maximum atomic E-state index is 10.9. The molecule has 0 rings (SSSR count). The number of aliphatic hydroxyl groups excluding tert-OH is 1. The number of carbonyl (C=O) groups excluding carboxylic acids is 2. The molecule has 3 N–H and O–H groups in total. The van der Waals surface area contributed by atoms with E-state index in [1.54, 1.807) is 0 Å². The summed E-state index contributed by atoms with van der Waals surface area (Å²) in [5.74, 6) is 0.0870. The fourth-order valence-corrected chi connectivity index (χ4v) is 1.60. The lowest BCUT2D eigenvalue weighted by Gasteiger charge is -2.16. The molecule has 0 aliphatic carbocycles. The van der Waals surface area contributed by atoms with Crippen LogP contribution >= 0.6 is 11.8 Å². The quantitative estimate of drug-likeness (QED) is 0.364. The van der Waals surface area contributed by atoms with Gasteiger partial charge < -0.3 is 15.6 Å². The van der Waals surface area contributed by atoms with Crippen molar-refractivity contribution in [2.75, 3.05) is 12.9 Å². The number of thioether (sulfide) groups is 1. The fourth-order valence-electron chi connectivity index (χ4n) is 0.903. The van der Waals surface area contributed by atoms with Crippen LogP contribution in [-0.4, -0.2) is 41.2 Å². The third-order valence-electron chi connectivity index (χ3n) is 1.81. The van der Waals surface area contributed by atoms with E-state index < -0.39 is 23.2 Å². The molecule has 0 saturated carbocycles. The van der Waals surface area contributed by atoms with Crippen LogP contribution in [0.15, 0.2) is 0 Å². The van der Waals surface area contributed by atoms with E-state index in [0.29, 0.717) is 18.6 Å². The number of hydrogen-bond acceptors (Lipinski definition) is 6. The predicted molar refractivity (Wildman–Crippen MR) is 58.4 cm³/mol. The zero-order valence-corrected chi connectivity index (χ0v) is 9.75. The summed E-state index contributed by atoms with van der Waals surface area (Å²) >= 11 is 0.979. The lowest BCUT2D eigenvalue weighted by atomic mass is 10.2. The number of aliphatic hydroxyl groups is 1. The van der Waals surface area contributed by atoms with Gasteiger partial charge in [-0.05, 0) is 12.8 Å². The van der Waals surface area contributed by atoms with Crippen molar-refractivity contribution in [1.82, 2.24) is 0 Å². The summed E-state index contributed by atoms with van der Waals surface area (Å²) < 4.78 is 4.63. The van der Waals surface area contributed by atoms with Crippen LogP contribution in [0.1, 0.15) is 19.8 Å². The molecule has 0 aromatic carbocycles. The highest BCUT2D eigenvalue weighted by Gasteiger charge is 2.14. The molecule has 0 amide bonds. The molecule has 0 aliphatic heterocycles. The van der Waals surface area contributed by atoms with E-state index in [4.69, 9.17) is 10.8 Å². The van der Waals surface area contributed by atoms with Gasteiger partial charge in [0.05, 0.1) is 6.04 Å². The number of ketones is 1. The Morgan fingerprint density at radius 1 is 1.53 bits per heavy atom. The molecule has 0 aliphatic rings. The zero-order valence-electron chi connectivity index (χ0n) is 8.93. The summed E-state index contributed by atoms with van der Waals surface area (Å²) in [6, 6.07) is -0.456. The van der Waals surface area contributed by atoms with Crippen LogP contribution in [0.2, 0.25) is 0 Å². The Hall–Kier alpha value is -0.430. The standard InChI is InChI=1S/C9H17NO4S/c1-6(11)9(13)15-5-3-4-7(10)8(12)14-2/h7-8,12H,3-5,10H2,1-2H3. The summed E-state index contributed by atoms with van der Waals surface area (Å²) in [5.41, 5.74) is 5.57. The number of methoxy groups -OCH3 is 1. The molecule has 2 unspecified atom stereocenters. The van der Waals surface area contributed by atoms with Crippen LogP contribution in [0, 0.1) is 0 Å². The first kappa shape index (κ1) is 14.6. The normalized spacial score (nSPS) is 14.7. The van der Waals surface area contributed by atoms with Crippen molar-refractivity contribution in [3.8, 4) is 0 Å². The maximum Gasteiger partial charge on any atom is 0.254 e. The second kappa shape index (κ2) is 7.81. The van der Waals surface area contributed by atoms with E-state index in [-0.39, 0.29) is 0 Å². The average Bonchev–Trinajstić information content (AvgIpc) is 2.22. The highest BCUT2D eigenvalue weighted by atomic mass is 32.2. The van der Waals surface area contributed by atoms with Gasteiger partial charge in [0.1, 0.15) is 0 Å². The van der Waals surface area contributed by atoms with E-state index >= 15 is 0 Å². The van der Waals surface area contributed by atoms with Gasteiger partial charge in [0.2, 0.25) is 5.78 Å². The molecule has 5 nitrogen and oxygen atoms in total. The Morgan fingerprint density at radius 3 is 2.60 bits per heavy atom. The van der Waals surface area contributed by atoms with Gasteiger partial charge >= 0.3 is 0 Å². The monoisotopic (exact) mass is 235 g/mol. The fraction of sp³-hybridized carbons (Fsp3) is 0.778. The van der Waals surface area contributed by atoms with Crippen molar-refractivity contribution in [2.45, 2.75) is 32.1 Å². The van der Waals surface area contributed by atoms with E-state index in [2.05, 4.69) is 4.74 Å². The molecular formula is C9H17NO4S. The minimum Gasteiger partial charge on any atom is -0.367 e. The molecule has 0 fully saturated rings. The molecule has 2 atom stereocenters. The van der Waals surface area contributed by atoms with Gasteiger partial charge in [0, 0.05) is 19.8 Å². The van der Waals surface area contributed by atoms with Crippen LogP contribution in [0.4, 0.5) is 0 Å². The highest BCUT2D eigenvalue weighted by Crippen LogP contribution is 2.09. The average molecular weight is 235 g/mol. The number of hydrogen-bond donors (Lipinski definition) is 2. The van der Waals surface area contributed by atoms with Gasteiger partial charge in [-0.2, -0.15) is 0 Å². The topological polar surface area (TPSA) is 89.6 Å². The number of carbonyl (C=O) groups is 2. The summed E-state index contributed by atoms with van der Waals surface area (Å²) in [6.07, 6.45) is 0.233. The Balaban J connectivity index is 3.54. The summed E-state index contributed by atoms with van der Waals surface area (Å²) in [7, 11) is 1.37. The number of nitrogens with two attached hydrogens (primary N) is 1. The molecule has 0 aromatic heterocycles. The van der Waals surface area contributed by atoms with Gasteiger partial charge in [0.15, 0.2) is 6.29 Å². The SMILES string of the molecule is COC(O)C(N)CCCSC(=O)C(C)=O. The molecule has 88 valence electrons. The minimum atomic E-state index is -0.974. The van der Waals surface area contributed by atoms with E-state index in [9.17, 15) is 9.59 Å². The van der Waals surface area contributed by atoms with Gasteiger partial charge in [-0.1, -0.05) is 11.8 Å². The molecular weight excluding hydrogens is 218 g/mol. The minimum absolute atomic E-state index is 0.434. The number of Topliss-reactive ketones (excluding diaryl/α,β-unsaturated/α-hetero) is 1. The molecule has 0 aromatic rings. The van der Waals surface area contributed by atoms with Gasteiger partial charge in [0.25, 0.3) is 5.12 Å². The first-order chi connectivity index (χ1) is 6.99. The first-order valence-corrected chi connectivity index (χ1v) is 5.61. The molecule has 0 heterocycles. The third kappa shape index (κ3) is 6.62. The van der Waals surface area contributed by atoms with Crippen molar-refractivity contribution in [2.24, 2.45) is 5.73 Å². The van der Waals surface area contributed by atoms with Crippen molar-refractivity contribution in [1.29, 1.82) is 0 Å². The lowest BCUT2D eigenvalue weighted by molar-refractivity contribution is -0.130. The Labute approximate surface area is 93.4 Å².